The number of rotatable bonds is 8. The van der Waals surface area contributed by atoms with Crippen LogP contribution in [0, 0.1) is 0 Å². The van der Waals surface area contributed by atoms with Crippen molar-refractivity contribution >= 4 is 18.1 Å². The molecule has 9 heteroatoms. The third kappa shape index (κ3) is 12.5. The highest BCUT2D eigenvalue weighted by atomic mass is 16.6. The fourth-order valence-corrected chi connectivity index (χ4v) is 3.45. The molecular formula is C32H39N3O6. The molecule has 3 rings (SSSR count). The van der Waals surface area contributed by atoms with Gasteiger partial charge in [0.1, 0.15) is 35.9 Å². The van der Waals surface area contributed by atoms with Crippen molar-refractivity contribution in [2.24, 2.45) is 4.99 Å². The molecule has 218 valence electrons. The minimum atomic E-state index is -0.765. The molecule has 0 atom stereocenters. The lowest BCUT2D eigenvalue weighted by Crippen LogP contribution is -2.47. The number of nitrogens with zero attached hydrogens (tertiary/aromatic N) is 1. The number of amides is 2. The summed E-state index contributed by atoms with van der Waals surface area (Å²) < 4.78 is 22.8. The van der Waals surface area contributed by atoms with E-state index in [-0.39, 0.29) is 12.5 Å². The van der Waals surface area contributed by atoms with Gasteiger partial charge in [0.25, 0.3) is 0 Å². The minimum absolute atomic E-state index is 0.0885. The highest BCUT2D eigenvalue weighted by Crippen LogP contribution is 2.25. The number of nitrogens with one attached hydrogen (secondary N) is 2. The number of ether oxygens (including phenoxy) is 4. The summed E-state index contributed by atoms with van der Waals surface area (Å²) in [5.74, 6) is 1.06. The molecular weight excluding hydrogens is 522 g/mol. The summed E-state index contributed by atoms with van der Waals surface area (Å²) in [5.41, 5.74) is 1.29. The largest absolute Gasteiger partial charge is 0.489 e. The quantitative estimate of drug-likeness (QED) is 0.233. The first kappa shape index (κ1) is 31.0. The Labute approximate surface area is 241 Å². The Hall–Kier alpha value is -4.53. The zero-order valence-electron chi connectivity index (χ0n) is 24.5. The van der Waals surface area contributed by atoms with Crippen LogP contribution < -0.4 is 20.1 Å². The van der Waals surface area contributed by atoms with Crippen LogP contribution >= 0.6 is 0 Å². The van der Waals surface area contributed by atoms with Crippen LogP contribution in [0.2, 0.25) is 0 Å². The summed E-state index contributed by atoms with van der Waals surface area (Å²) in [4.78, 5) is 29.3. The summed E-state index contributed by atoms with van der Waals surface area (Å²) in [5, 5.41) is 4.99. The Kier molecular flexibility index (Phi) is 10.7. The van der Waals surface area contributed by atoms with Gasteiger partial charge in [0.2, 0.25) is 5.96 Å². The maximum Gasteiger partial charge on any atom is 0.414 e. The van der Waals surface area contributed by atoms with Crippen molar-refractivity contribution in [3.8, 4) is 11.5 Å². The van der Waals surface area contributed by atoms with E-state index in [1.165, 1.54) is 0 Å². The predicted molar refractivity (Wildman–Crippen MR) is 158 cm³/mol. The standard InChI is InChI=1S/C32H39N3O6/c1-31(2,3)40-29(36)34-28(35-30(37)41-32(4,5)6)33-20-25-17-26(38-21-23-13-9-7-10-14-23)19-27(18-25)39-22-24-15-11-8-12-16-24/h7-19H,20-22H2,1-6H3,(H2,33,34,35,36,37). The van der Waals surface area contributed by atoms with Crippen molar-refractivity contribution in [2.75, 3.05) is 0 Å². The molecule has 0 aliphatic carbocycles. The van der Waals surface area contributed by atoms with Gasteiger partial charge in [-0.05, 0) is 70.4 Å². The van der Waals surface area contributed by atoms with Gasteiger partial charge in [-0.1, -0.05) is 60.7 Å². The molecule has 41 heavy (non-hydrogen) atoms. The number of aliphatic imine (C=N–C) groups is 1. The molecule has 0 saturated carbocycles. The van der Waals surface area contributed by atoms with Crippen molar-refractivity contribution in [2.45, 2.75) is 72.5 Å². The maximum absolute atomic E-state index is 12.4. The molecule has 2 N–H and O–H groups in total. The summed E-state index contributed by atoms with van der Waals surface area (Å²) in [7, 11) is 0. The predicted octanol–water partition coefficient (Wildman–Crippen LogP) is 6.75. The molecule has 0 spiro atoms. The molecule has 0 aliphatic rings. The molecule has 0 fully saturated rings. The van der Waals surface area contributed by atoms with E-state index in [0.717, 1.165) is 16.7 Å². The van der Waals surface area contributed by atoms with E-state index in [1.54, 1.807) is 41.5 Å². The number of guanidine groups is 1. The van der Waals surface area contributed by atoms with Crippen molar-refractivity contribution < 1.29 is 28.5 Å². The Morgan fingerprint density at radius 2 is 1.05 bits per heavy atom. The monoisotopic (exact) mass is 561 g/mol. The number of hydrogen-bond acceptors (Lipinski definition) is 7. The fraction of sp³-hybridized carbons (Fsp3) is 0.344. The maximum atomic E-state index is 12.4. The van der Waals surface area contributed by atoms with Crippen LogP contribution in [0.3, 0.4) is 0 Å². The smallest absolute Gasteiger partial charge is 0.414 e. The van der Waals surface area contributed by atoms with E-state index in [4.69, 9.17) is 18.9 Å². The highest BCUT2D eigenvalue weighted by molar-refractivity contribution is 6.01. The van der Waals surface area contributed by atoms with Crippen molar-refractivity contribution in [1.29, 1.82) is 0 Å². The van der Waals surface area contributed by atoms with Gasteiger partial charge in [-0.25, -0.2) is 14.6 Å². The van der Waals surface area contributed by atoms with E-state index in [2.05, 4.69) is 15.6 Å². The van der Waals surface area contributed by atoms with E-state index < -0.39 is 23.4 Å². The van der Waals surface area contributed by atoms with Crippen LogP contribution in [0.4, 0.5) is 9.59 Å². The van der Waals surface area contributed by atoms with Crippen LogP contribution in [0.5, 0.6) is 11.5 Å². The van der Waals surface area contributed by atoms with Gasteiger partial charge < -0.3 is 18.9 Å². The van der Waals surface area contributed by atoms with Gasteiger partial charge in [0.05, 0.1) is 6.54 Å². The molecule has 0 heterocycles. The van der Waals surface area contributed by atoms with Crippen LogP contribution in [0.25, 0.3) is 0 Å². The summed E-state index contributed by atoms with van der Waals surface area (Å²) in [6, 6.07) is 25.1. The number of alkyl carbamates (subject to hydrolysis) is 2. The molecule has 0 unspecified atom stereocenters. The second-order valence-electron chi connectivity index (χ2n) is 11.3. The Morgan fingerprint density at radius 1 is 0.634 bits per heavy atom. The summed E-state index contributed by atoms with van der Waals surface area (Å²) in [6.07, 6.45) is -1.53. The fourth-order valence-electron chi connectivity index (χ4n) is 3.45. The zero-order valence-corrected chi connectivity index (χ0v) is 24.5. The van der Waals surface area contributed by atoms with Gasteiger partial charge in [0, 0.05) is 6.07 Å². The van der Waals surface area contributed by atoms with Gasteiger partial charge >= 0.3 is 12.2 Å². The molecule has 3 aromatic rings. The number of hydrogen-bond donors (Lipinski definition) is 2. The van der Waals surface area contributed by atoms with Crippen molar-refractivity contribution in [3.05, 3.63) is 95.6 Å². The number of carbonyl (C=O) groups is 2. The highest BCUT2D eigenvalue weighted by Gasteiger charge is 2.21. The lowest BCUT2D eigenvalue weighted by Gasteiger charge is -2.22. The van der Waals surface area contributed by atoms with Gasteiger partial charge in [0.15, 0.2) is 0 Å². The van der Waals surface area contributed by atoms with Gasteiger partial charge in [-0.15, -0.1) is 0 Å². The third-order valence-electron chi connectivity index (χ3n) is 5.09. The lowest BCUT2D eigenvalue weighted by molar-refractivity contribution is 0.0545. The molecule has 9 nitrogen and oxygen atoms in total. The molecule has 3 aromatic carbocycles. The third-order valence-corrected chi connectivity index (χ3v) is 5.09. The van der Waals surface area contributed by atoms with Crippen molar-refractivity contribution in [1.82, 2.24) is 10.6 Å². The summed E-state index contributed by atoms with van der Waals surface area (Å²) >= 11 is 0. The van der Waals surface area contributed by atoms with Gasteiger partial charge in [-0.2, -0.15) is 0 Å². The Bertz CT molecular complexity index is 1220. The van der Waals surface area contributed by atoms with Crippen molar-refractivity contribution in [3.63, 3.8) is 0 Å². The molecule has 0 radical (unpaired) electrons. The molecule has 2 amide bonds. The topological polar surface area (TPSA) is 107 Å². The van der Waals surface area contributed by atoms with Crippen LogP contribution in [-0.2, 0) is 29.2 Å². The normalized spacial score (nSPS) is 11.2. The zero-order chi connectivity index (χ0) is 29.9. The van der Waals surface area contributed by atoms with E-state index >= 15 is 0 Å². The lowest BCUT2D eigenvalue weighted by atomic mass is 10.2. The Morgan fingerprint density at radius 3 is 1.44 bits per heavy atom. The van der Waals surface area contributed by atoms with Crippen LogP contribution in [0.15, 0.2) is 83.9 Å². The first-order valence-corrected chi connectivity index (χ1v) is 13.4. The Balaban J connectivity index is 1.83. The SMILES string of the molecule is CC(C)(C)OC(=O)NC(=NCc1cc(OCc2ccccc2)cc(OCc2ccccc2)c1)NC(=O)OC(C)(C)C. The summed E-state index contributed by atoms with van der Waals surface area (Å²) in [6.45, 7) is 11.3. The molecule has 0 aromatic heterocycles. The first-order chi connectivity index (χ1) is 19.3. The minimum Gasteiger partial charge on any atom is -0.489 e. The average Bonchev–Trinajstić information content (AvgIpc) is 2.88. The molecule has 0 aliphatic heterocycles. The van der Waals surface area contributed by atoms with E-state index in [9.17, 15) is 9.59 Å². The van der Waals surface area contributed by atoms with Crippen LogP contribution in [-0.4, -0.2) is 29.3 Å². The molecule has 0 bridgehead atoms. The molecule has 0 saturated heterocycles. The number of benzene rings is 3. The first-order valence-electron chi connectivity index (χ1n) is 13.4. The average molecular weight is 562 g/mol. The van der Waals surface area contributed by atoms with Gasteiger partial charge in [-0.3, -0.25) is 10.6 Å². The van der Waals surface area contributed by atoms with E-state index in [0.29, 0.717) is 24.7 Å². The van der Waals surface area contributed by atoms with E-state index in [1.807, 2.05) is 78.9 Å². The second kappa shape index (κ2) is 14.2. The number of carbonyl (C=O) groups excluding carboxylic acids is 2. The van der Waals surface area contributed by atoms with Crippen LogP contribution in [0.1, 0.15) is 58.2 Å². The second-order valence-corrected chi connectivity index (χ2v) is 11.3.